The van der Waals surface area contributed by atoms with Gasteiger partial charge < -0.3 is 10.6 Å². The number of hydrogen-bond acceptors (Lipinski definition) is 5. The molecule has 0 saturated heterocycles. The molecule has 0 spiro atoms. The van der Waals surface area contributed by atoms with Crippen molar-refractivity contribution in [1.82, 2.24) is 15.2 Å². The fraction of sp³-hybridized carbons (Fsp3) is 0.357. The maximum absolute atomic E-state index is 13.5. The summed E-state index contributed by atoms with van der Waals surface area (Å²) >= 11 is 0. The number of benzene rings is 1. The molecule has 1 heterocycles. The predicted molar refractivity (Wildman–Crippen MR) is 77.5 cm³/mol. The maximum Gasteiger partial charge on any atom is 0.244 e. The van der Waals surface area contributed by atoms with Gasteiger partial charge in [0, 0.05) is 12.6 Å². The van der Waals surface area contributed by atoms with Crippen molar-refractivity contribution in [3.05, 3.63) is 36.0 Å². The average Bonchev–Trinajstić information content (AvgIpc) is 2.47. The van der Waals surface area contributed by atoms with Crippen molar-refractivity contribution in [1.29, 1.82) is 0 Å². The minimum atomic E-state index is -0.689. The number of hydrogen-bond donors (Lipinski definition) is 2. The summed E-state index contributed by atoms with van der Waals surface area (Å²) in [5, 5.41) is 13.4. The number of aromatic nitrogens is 3. The van der Waals surface area contributed by atoms with Crippen LogP contribution in [0.2, 0.25) is 0 Å². The first kappa shape index (κ1) is 15.1. The molecule has 0 saturated carbocycles. The van der Waals surface area contributed by atoms with Gasteiger partial charge in [0.1, 0.15) is 11.6 Å². The van der Waals surface area contributed by atoms with E-state index in [9.17, 15) is 8.78 Å². The highest BCUT2D eigenvalue weighted by Crippen LogP contribution is 2.19. The largest absolute Gasteiger partial charge is 0.353 e. The molecule has 0 aliphatic carbocycles. The Morgan fingerprint density at radius 3 is 2.81 bits per heavy atom. The van der Waals surface area contributed by atoms with Crippen molar-refractivity contribution in [3.8, 4) is 0 Å². The normalized spacial score (nSPS) is 10.4. The third kappa shape index (κ3) is 4.62. The Labute approximate surface area is 121 Å². The molecular formula is C14H17F2N5. The van der Waals surface area contributed by atoms with Gasteiger partial charge in [-0.05, 0) is 18.6 Å². The van der Waals surface area contributed by atoms with Crippen LogP contribution >= 0.6 is 0 Å². The molecule has 0 amide bonds. The quantitative estimate of drug-likeness (QED) is 0.765. The Kier molecular flexibility index (Phi) is 5.36. The van der Waals surface area contributed by atoms with Crippen LogP contribution in [0.25, 0.3) is 0 Å². The van der Waals surface area contributed by atoms with Crippen LogP contribution < -0.4 is 10.6 Å². The Balaban J connectivity index is 2.00. The van der Waals surface area contributed by atoms with Crippen LogP contribution in [0.3, 0.4) is 0 Å². The molecular weight excluding hydrogens is 276 g/mol. The highest BCUT2D eigenvalue weighted by atomic mass is 19.1. The monoisotopic (exact) mass is 293 g/mol. The number of anilines is 3. The topological polar surface area (TPSA) is 62.7 Å². The molecule has 0 aliphatic heterocycles. The van der Waals surface area contributed by atoms with Gasteiger partial charge in [-0.1, -0.05) is 19.8 Å². The molecule has 0 atom stereocenters. The first-order chi connectivity index (χ1) is 10.2. The van der Waals surface area contributed by atoms with Crippen molar-refractivity contribution in [2.24, 2.45) is 0 Å². The van der Waals surface area contributed by atoms with Crippen molar-refractivity contribution in [3.63, 3.8) is 0 Å². The van der Waals surface area contributed by atoms with E-state index in [1.165, 1.54) is 18.3 Å². The second kappa shape index (κ2) is 7.47. The highest BCUT2D eigenvalue weighted by molar-refractivity contribution is 5.56. The van der Waals surface area contributed by atoms with Gasteiger partial charge in [0.15, 0.2) is 5.82 Å². The fourth-order valence-electron chi connectivity index (χ4n) is 1.74. The summed E-state index contributed by atoms with van der Waals surface area (Å²) < 4.78 is 26.4. The summed E-state index contributed by atoms with van der Waals surface area (Å²) in [7, 11) is 0. The maximum atomic E-state index is 13.5. The Hall–Kier alpha value is -2.31. The molecule has 0 aliphatic rings. The lowest BCUT2D eigenvalue weighted by Gasteiger charge is -2.08. The average molecular weight is 293 g/mol. The van der Waals surface area contributed by atoms with E-state index in [0.29, 0.717) is 11.8 Å². The minimum Gasteiger partial charge on any atom is -0.353 e. The second-order valence-corrected chi connectivity index (χ2v) is 4.55. The van der Waals surface area contributed by atoms with Gasteiger partial charge in [-0.2, -0.15) is 10.1 Å². The summed E-state index contributed by atoms with van der Waals surface area (Å²) in [5.41, 5.74) is 0.133. The third-order valence-corrected chi connectivity index (χ3v) is 2.82. The van der Waals surface area contributed by atoms with Gasteiger partial charge in [0.25, 0.3) is 0 Å². The summed E-state index contributed by atoms with van der Waals surface area (Å²) in [6.45, 7) is 2.88. The van der Waals surface area contributed by atoms with E-state index in [4.69, 9.17) is 0 Å². The van der Waals surface area contributed by atoms with E-state index in [-0.39, 0.29) is 5.69 Å². The van der Waals surface area contributed by atoms with Gasteiger partial charge in [-0.15, -0.1) is 5.10 Å². The SMILES string of the molecule is CCCCCNc1nncc(Nc2ccc(F)cc2F)n1. The summed E-state index contributed by atoms with van der Waals surface area (Å²) in [4.78, 5) is 4.17. The molecule has 2 N–H and O–H groups in total. The van der Waals surface area contributed by atoms with E-state index in [2.05, 4.69) is 32.7 Å². The first-order valence-corrected chi connectivity index (χ1v) is 6.84. The lowest BCUT2D eigenvalue weighted by atomic mass is 10.2. The molecule has 112 valence electrons. The number of halogens is 2. The Morgan fingerprint density at radius 2 is 2.05 bits per heavy atom. The highest BCUT2D eigenvalue weighted by Gasteiger charge is 2.06. The van der Waals surface area contributed by atoms with Gasteiger partial charge >= 0.3 is 0 Å². The van der Waals surface area contributed by atoms with Crippen LogP contribution in [-0.4, -0.2) is 21.7 Å². The van der Waals surface area contributed by atoms with Crippen LogP contribution in [0.15, 0.2) is 24.4 Å². The van der Waals surface area contributed by atoms with E-state index in [0.717, 1.165) is 31.9 Å². The number of nitrogens with zero attached hydrogens (tertiary/aromatic N) is 3. The van der Waals surface area contributed by atoms with Crippen LogP contribution in [0.1, 0.15) is 26.2 Å². The molecule has 2 aromatic rings. The van der Waals surface area contributed by atoms with Crippen molar-refractivity contribution in [2.45, 2.75) is 26.2 Å². The van der Waals surface area contributed by atoms with E-state index in [1.54, 1.807) is 0 Å². The fourth-order valence-corrected chi connectivity index (χ4v) is 1.74. The van der Waals surface area contributed by atoms with Crippen LogP contribution in [0.4, 0.5) is 26.2 Å². The molecule has 21 heavy (non-hydrogen) atoms. The van der Waals surface area contributed by atoms with Gasteiger partial charge in [0.05, 0.1) is 11.9 Å². The standard InChI is InChI=1S/C14H17F2N5/c1-2-3-4-7-17-14-20-13(9-18-21-14)19-12-6-5-10(15)8-11(12)16/h5-6,8-9H,2-4,7H2,1H3,(H2,17,19,20,21). The molecule has 5 nitrogen and oxygen atoms in total. The molecule has 7 heteroatoms. The second-order valence-electron chi connectivity index (χ2n) is 4.55. The van der Waals surface area contributed by atoms with Gasteiger partial charge in [0.2, 0.25) is 5.95 Å². The van der Waals surface area contributed by atoms with E-state index >= 15 is 0 Å². The number of unbranched alkanes of at least 4 members (excludes halogenated alkanes) is 2. The van der Waals surface area contributed by atoms with Crippen LogP contribution in [0.5, 0.6) is 0 Å². The molecule has 0 radical (unpaired) electrons. The van der Waals surface area contributed by atoms with E-state index in [1.807, 2.05) is 0 Å². The van der Waals surface area contributed by atoms with Crippen LogP contribution in [-0.2, 0) is 0 Å². The smallest absolute Gasteiger partial charge is 0.244 e. The lowest BCUT2D eigenvalue weighted by molar-refractivity contribution is 0.586. The third-order valence-electron chi connectivity index (χ3n) is 2.82. The first-order valence-electron chi connectivity index (χ1n) is 6.84. The molecule has 1 aromatic carbocycles. The number of rotatable bonds is 7. The van der Waals surface area contributed by atoms with Gasteiger partial charge in [-0.25, -0.2) is 8.78 Å². The zero-order valence-corrected chi connectivity index (χ0v) is 11.7. The molecule has 0 unspecified atom stereocenters. The predicted octanol–water partition coefficient (Wildman–Crippen LogP) is 3.50. The molecule has 0 bridgehead atoms. The van der Waals surface area contributed by atoms with Crippen molar-refractivity contribution >= 4 is 17.5 Å². The lowest BCUT2D eigenvalue weighted by Crippen LogP contribution is -2.08. The summed E-state index contributed by atoms with van der Waals surface area (Å²) in [6, 6.07) is 3.28. The summed E-state index contributed by atoms with van der Waals surface area (Å²) in [6.07, 6.45) is 4.65. The van der Waals surface area contributed by atoms with Crippen molar-refractivity contribution in [2.75, 3.05) is 17.2 Å². The Morgan fingerprint density at radius 1 is 1.19 bits per heavy atom. The van der Waals surface area contributed by atoms with Gasteiger partial charge in [-0.3, -0.25) is 0 Å². The summed E-state index contributed by atoms with van der Waals surface area (Å²) in [5.74, 6) is -0.602. The molecule has 0 fully saturated rings. The van der Waals surface area contributed by atoms with Crippen LogP contribution in [0, 0.1) is 11.6 Å². The molecule has 2 rings (SSSR count). The Bertz CT molecular complexity index is 591. The van der Waals surface area contributed by atoms with Crippen molar-refractivity contribution < 1.29 is 8.78 Å². The molecule has 1 aromatic heterocycles. The zero-order valence-electron chi connectivity index (χ0n) is 11.7. The number of nitrogens with one attached hydrogen (secondary N) is 2. The minimum absolute atomic E-state index is 0.133. The van der Waals surface area contributed by atoms with E-state index < -0.39 is 11.6 Å². The zero-order chi connectivity index (χ0) is 15.1.